The van der Waals surface area contributed by atoms with Crippen molar-refractivity contribution in [2.75, 3.05) is 19.8 Å². The molecular weight excluding hydrogens is 318 g/mol. The van der Waals surface area contributed by atoms with E-state index in [0.717, 1.165) is 6.42 Å². The summed E-state index contributed by atoms with van der Waals surface area (Å²) in [5, 5.41) is 12.4. The number of carboxylic acids is 1. The Balaban J connectivity index is 1.55. The summed E-state index contributed by atoms with van der Waals surface area (Å²) in [5.41, 5.74) is 1.62. The Hall–Kier alpha value is -1.88. The van der Waals surface area contributed by atoms with E-state index < -0.39 is 11.4 Å². The summed E-state index contributed by atoms with van der Waals surface area (Å²) in [4.78, 5) is 24.1. The van der Waals surface area contributed by atoms with Crippen LogP contribution in [0.2, 0.25) is 0 Å². The van der Waals surface area contributed by atoms with Crippen molar-refractivity contribution in [1.29, 1.82) is 0 Å². The van der Waals surface area contributed by atoms with Gasteiger partial charge in [-0.1, -0.05) is 38.1 Å². The molecule has 1 saturated heterocycles. The first-order chi connectivity index (χ1) is 11.9. The second kappa shape index (κ2) is 7.16. The van der Waals surface area contributed by atoms with Gasteiger partial charge in [-0.05, 0) is 42.2 Å². The summed E-state index contributed by atoms with van der Waals surface area (Å²) in [6.07, 6.45) is 1.75. The molecule has 0 bridgehead atoms. The SMILES string of the molecule is CC(C)c1ccc(C2CC2C(=O)NCC2(C(=O)O)CCOCC2)cc1. The molecule has 2 aliphatic rings. The van der Waals surface area contributed by atoms with Gasteiger partial charge in [0.2, 0.25) is 5.91 Å². The topological polar surface area (TPSA) is 75.6 Å². The molecule has 1 aromatic rings. The molecule has 1 aliphatic heterocycles. The third-order valence-corrected chi connectivity index (χ3v) is 5.66. The van der Waals surface area contributed by atoms with Crippen LogP contribution in [0, 0.1) is 11.3 Å². The van der Waals surface area contributed by atoms with E-state index in [1.54, 1.807) is 0 Å². The zero-order valence-electron chi connectivity index (χ0n) is 15.0. The zero-order valence-corrected chi connectivity index (χ0v) is 15.0. The number of ether oxygens (including phenoxy) is 1. The third-order valence-electron chi connectivity index (χ3n) is 5.66. The maximum Gasteiger partial charge on any atom is 0.311 e. The molecule has 25 heavy (non-hydrogen) atoms. The summed E-state index contributed by atoms with van der Waals surface area (Å²) in [6, 6.07) is 8.50. The fraction of sp³-hybridized carbons (Fsp3) is 0.600. The van der Waals surface area contributed by atoms with Crippen molar-refractivity contribution < 1.29 is 19.4 Å². The van der Waals surface area contributed by atoms with Crippen molar-refractivity contribution in [1.82, 2.24) is 5.32 Å². The van der Waals surface area contributed by atoms with Crippen LogP contribution >= 0.6 is 0 Å². The van der Waals surface area contributed by atoms with Gasteiger partial charge >= 0.3 is 5.97 Å². The molecular formula is C20H27NO4. The van der Waals surface area contributed by atoms with E-state index in [9.17, 15) is 14.7 Å². The van der Waals surface area contributed by atoms with Crippen molar-refractivity contribution in [3.05, 3.63) is 35.4 Å². The van der Waals surface area contributed by atoms with Crippen LogP contribution in [-0.4, -0.2) is 36.7 Å². The largest absolute Gasteiger partial charge is 0.481 e. The molecule has 2 N–H and O–H groups in total. The Morgan fingerprint density at radius 3 is 2.44 bits per heavy atom. The molecule has 5 heteroatoms. The molecule has 0 radical (unpaired) electrons. The zero-order chi connectivity index (χ0) is 18.0. The van der Waals surface area contributed by atoms with Gasteiger partial charge in [0.1, 0.15) is 0 Å². The molecule has 0 spiro atoms. The Labute approximate surface area is 148 Å². The van der Waals surface area contributed by atoms with E-state index in [4.69, 9.17) is 4.74 Å². The fourth-order valence-corrected chi connectivity index (χ4v) is 3.60. The van der Waals surface area contributed by atoms with Gasteiger partial charge in [-0.3, -0.25) is 9.59 Å². The molecule has 3 rings (SSSR count). The second-order valence-corrected chi connectivity index (χ2v) is 7.69. The highest BCUT2D eigenvalue weighted by Crippen LogP contribution is 2.47. The van der Waals surface area contributed by atoms with Gasteiger partial charge in [-0.25, -0.2) is 0 Å². The van der Waals surface area contributed by atoms with Gasteiger partial charge in [0.05, 0.1) is 5.41 Å². The molecule has 1 aromatic carbocycles. The predicted molar refractivity (Wildman–Crippen MR) is 94.5 cm³/mol. The molecule has 1 saturated carbocycles. The van der Waals surface area contributed by atoms with Crippen molar-refractivity contribution >= 4 is 11.9 Å². The minimum atomic E-state index is -0.878. The first-order valence-corrected chi connectivity index (χ1v) is 9.12. The summed E-state index contributed by atoms with van der Waals surface area (Å²) in [7, 11) is 0. The smallest absolute Gasteiger partial charge is 0.311 e. The van der Waals surface area contributed by atoms with Crippen LogP contribution < -0.4 is 5.32 Å². The summed E-state index contributed by atoms with van der Waals surface area (Å²) in [5.74, 6) is -0.135. The molecule has 1 amide bonds. The highest BCUT2D eigenvalue weighted by Gasteiger charge is 2.46. The maximum absolute atomic E-state index is 12.4. The summed E-state index contributed by atoms with van der Waals surface area (Å²) in [6.45, 7) is 5.40. The number of aliphatic carboxylic acids is 1. The predicted octanol–water partition coefficient (Wildman–Crippen LogP) is 2.91. The number of carbonyl (C=O) groups is 2. The lowest BCUT2D eigenvalue weighted by molar-refractivity contribution is -0.154. The Morgan fingerprint density at radius 2 is 1.88 bits per heavy atom. The van der Waals surface area contributed by atoms with Crippen LogP contribution in [0.15, 0.2) is 24.3 Å². The first-order valence-electron chi connectivity index (χ1n) is 9.12. The minimum absolute atomic E-state index is 0.0231. The number of amides is 1. The van der Waals surface area contributed by atoms with Crippen molar-refractivity contribution in [3.8, 4) is 0 Å². The number of carboxylic acid groups (broad SMARTS) is 1. The van der Waals surface area contributed by atoms with Gasteiger partial charge in [-0.15, -0.1) is 0 Å². The van der Waals surface area contributed by atoms with Crippen molar-refractivity contribution in [3.63, 3.8) is 0 Å². The van der Waals surface area contributed by atoms with Gasteiger partial charge < -0.3 is 15.2 Å². The number of hydrogen-bond donors (Lipinski definition) is 2. The normalized spacial score (nSPS) is 24.8. The van der Waals surface area contributed by atoms with E-state index in [1.165, 1.54) is 11.1 Å². The molecule has 2 fully saturated rings. The molecule has 2 unspecified atom stereocenters. The quantitative estimate of drug-likeness (QED) is 0.831. The monoisotopic (exact) mass is 345 g/mol. The van der Waals surface area contributed by atoms with Gasteiger partial charge in [0.15, 0.2) is 0 Å². The highest BCUT2D eigenvalue weighted by atomic mass is 16.5. The van der Waals surface area contributed by atoms with Crippen LogP contribution in [0.3, 0.4) is 0 Å². The Morgan fingerprint density at radius 1 is 1.24 bits per heavy atom. The van der Waals surface area contributed by atoms with Crippen LogP contribution in [0.4, 0.5) is 0 Å². The molecule has 0 aromatic heterocycles. The molecule has 1 aliphatic carbocycles. The number of hydrogen-bond acceptors (Lipinski definition) is 3. The van der Waals surface area contributed by atoms with Crippen LogP contribution in [0.25, 0.3) is 0 Å². The standard InChI is InChI=1S/C20H27NO4/c1-13(2)14-3-5-15(6-4-14)16-11-17(16)18(22)21-12-20(19(23)24)7-9-25-10-8-20/h3-6,13,16-17H,7-12H2,1-2H3,(H,21,22)(H,23,24). The van der Waals surface area contributed by atoms with E-state index >= 15 is 0 Å². The number of carbonyl (C=O) groups excluding carboxylic acids is 1. The van der Waals surface area contributed by atoms with Crippen molar-refractivity contribution in [2.24, 2.45) is 11.3 Å². The van der Waals surface area contributed by atoms with E-state index in [2.05, 4.69) is 43.4 Å². The van der Waals surface area contributed by atoms with Gasteiger partial charge in [0, 0.05) is 25.7 Å². The molecule has 1 heterocycles. The second-order valence-electron chi connectivity index (χ2n) is 7.69. The first kappa shape index (κ1) is 17.9. The molecule has 136 valence electrons. The summed E-state index contributed by atoms with van der Waals surface area (Å²) < 4.78 is 5.27. The van der Waals surface area contributed by atoms with Gasteiger partial charge in [0.25, 0.3) is 0 Å². The third kappa shape index (κ3) is 3.87. The number of nitrogens with one attached hydrogen (secondary N) is 1. The lowest BCUT2D eigenvalue weighted by Gasteiger charge is -2.33. The van der Waals surface area contributed by atoms with Crippen LogP contribution in [0.5, 0.6) is 0 Å². The average molecular weight is 345 g/mol. The summed E-state index contributed by atoms with van der Waals surface area (Å²) >= 11 is 0. The van der Waals surface area contributed by atoms with E-state index in [-0.39, 0.29) is 24.3 Å². The maximum atomic E-state index is 12.4. The Bertz CT molecular complexity index is 632. The number of rotatable bonds is 6. The molecule has 2 atom stereocenters. The van der Waals surface area contributed by atoms with E-state index in [0.29, 0.717) is 32.0 Å². The lowest BCUT2D eigenvalue weighted by atomic mass is 9.80. The lowest BCUT2D eigenvalue weighted by Crippen LogP contribution is -2.46. The van der Waals surface area contributed by atoms with Crippen molar-refractivity contribution in [2.45, 2.75) is 44.9 Å². The van der Waals surface area contributed by atoms with Crippen LogP contribution in [-0.2, 0) is 14.3 Å². The number of benzene rings is 1. The van der Waals surface area contributed by atoms with E-state index in [1.807, 2.05) is 0 Å². The fourth-order valence-electron chi connectivity index (χ4n) is 3.60. The van der Waals surface area contributed by atoms with Gasteiger partial charge in [-0.2, -0.15) is 0 Å². The molecule has 5 nitrogen and oxygen atoms in total. The highest BCUT2D eigenvalue weighted by molar-refractivity contribution is 5.84. The van der Waals surface area contributed by atoms with Crippen LogP contribution in [0.1, 0.15) is 56.1 Å². The average Bonchev–Trinajstić information content (AvgIpc) is 3.41. The Kier molecular flexibility index (Phi) is 5.13. The minimum Gasteiger partial charge on any atom is -0.481 e.